The molecule has 2 aromatic carbocycles. The average Bonchev–Trinajstić information content (AvgIpc) is 2.89. The van der Waals surface area contributed by atoms with Crippen LogP contribution in [0.25, 0.3) is 11.0 Å². The van der Waals surface area contributed by atoms with Crippen molar-refractivity contribution in [1.29, 1.82) is 0 Å². The summed E-state index contributed by atoms with van der Waals surface area (Å²) in [6.45, 7) is 1.25. The lowest BCUT2D eigenvalue weighted by atomic mass is 10.2. The lowest BCUT2D eigenvalue weighted by Crippen LogP contribution is -2.23. The van der Waals surface area contributed by atoms with Gasteiger partial charge in [-0.25, -0.2) is 4.98 Å². The van der Waals surface area contributed by atoms with E-state index in [1.54, 1.807) is 6.07 Å². The minimum absolute atomic E-state index is 0.0880. The van der Waals surface area contributed by atoms with Crippen molar-refractivity contribution in [2.75, 3.05) is 7.05 Å². The normalized spacial score (nSPS) is 11.5. The molecule has 0 saturated carbocycles. The van der Waals surface area contributed by atoms with Gasteiger partial charge in [0.15, 0.2) is 0 Å². The van der Waals surface area contributed by atoms with Gasteiger partial charge in [0.2, 0.25) is 0 Å². The minimum Gasteiger partial charge on any atom is -0.388 e. The van der Waals surface area contributed by atoms with Gasteiger partial charge in [-0.05, 0) is 36.9 Å². The summed E-state index contributed by atoms with van der Waals surface area (Å²) in [6.07, 6.45) is 0. The summed E-state index contributed by atoms with van der Waals surface area (Å²) in [7, 11) is 2.01. The number of aromatic nitrogens is 2. The predicted octanol–water partition coefficient (Wildman–Crippen LogP) is 3.92. The number of aliphatic hydroxyl groups is 1. The molecule has 23 heavy (non-hydrogen) atoms. The van der Waals surface area contributed by atoms with Crippen LogP contribution < -0.4 is 0 Å². The number of aliphatic hydroxyl groups excluding tert-OH is 1. The van der Waals surface area contributed by atoms with Crippen molar-refractivity contribution in [2.24, 2.45) is 0 Å². The lowest BCUT2D eigenvalue weighted by Gasteiger charge is -2.19. The molecule has 0 aliphatic heterocycles. The van der Waals surface area contributed by atoms with Crippen LogP contribution >= 0.6 is 23.2 Å². The van der Waals surface area contributed by atoms with Gasteiger partial charge in [-0.2, -0.15) is 0 Å². The molecule has 0 aliphatic carbocycles. The molecule has 1 heterocycles. The second-order valence-corrected chi connectivity index (χ2v) is 6.32. The highest BCUT2D eigenvalue weighted by molar-refractivity contribution is 6.42. The maximum Gasteiger partial charge on any atom is 0.136 e. The molecule has 0 radical (unpaired) electrons. The molecule has 3 aromatic rings. The number of halogens is 2. The molecule has 0 fully saturated rings. The highest BCUT2D eigenvalue weighted by Gasteiger charge is 2.11. The third kappa shape index (κ3) is 3.51. The maximum absolute atomic E-state index is 9.56. The summed E-state index contributed by atoms with van der Waals surface area (Å²) in [4.78, 5) is 6.60. The minimum atomic E-state index is -0.0880. The highest BCUT2D eigenvalue weighted by atomic mass is 35.5. The van der Waals surface area contributed by atoms with Gasteiger partial charge in [0.05, 0.1) is 27.7 Å². The first kappa shape index (κ1) is 16.3. The molecule has 0 atom stereocenters. The molecule has 0 unspecified atom stereocenters. The third-order valence-electron chi connectivity index (χ3n) is 3.69. The van der Waals surface area contributed by atoms with E-state index in [2.05, 4.69) is 9.88 Å². The Kier molecular flexibility index (Phi) is 4.87. The van der Waals surface area contributed by atoms with Crippen molar-refractivity contribution < 1.29 is 5.11 Å². The van der Waals surface area contributed by atoms with E-state index in [-0.39, 0.29) is 6.61 Å². The van der Waals surface area contributed by atoms with Crippen LogP contribution in [0.4, 0.5) is 0 Å². The summed E-state index contributed by atoms with van der Waals surface area (Å²) in [5.41, 5.74) is 2.98. The highest BCUT2D eigenvalue weighted by Crippen LogP contribution is 2.23. The number of hydrogen-bond donors (Lipinski definition) is 1. The van der Waals surface area contributed by atoms with Crippen LogP contribution in [-0.2, 0) is 19.8 Å². The molecule has 6 heteroatoms. The van der Waals surface area contributed by atoms with E-state index >= 15 is 0 Å². The van der Waals surface area contributed by atoms with Gasteiger partial charge in [-0.15, -0.1) is 0 Å². The van der Waals surface area contributed by atoms with Crippen LogP contribution in [0.3, 0.4) is 0 Å². The first-order valence-electron chi connectivity index (χ1n) is 7.26. The second-order valence-electron chi connectivity index (χ2n) is 5.51. The van der Waals surface area contributed by atoms with Gasteiger partial charge >= 0.3 is 0 Å². The largest absolute Gasteiger partial charge is 0.388 e. The van der Waals surface area contributed by atoms with Crippen LogP contribution in [0.1, 0.15) is 11.4 Å². The van der Waals surface area contributed by atoms with Crippen molar-refractivity contribution in [3.8, 4) is 0 Å². The average molecular weight is 350 g/mol. The first-order valence-corrected chi connectivity index (χ1v) is 8.01. The zero-order chi connectivity index (χ0) is 16.4. The Hall–Kier alpha value is -1.59. The Morgan fingerprint density at radius 3 is 2.65 bits per heavy atom. The Morgan fingerprint density at radius 2 is 1.91 bits per heavy atom. The standard InChI is InChI=1S/C17H17Cl2N3O/c1-21(9-12-6-7-13(18)14(19)8-12)11-22-16-5-3-2-4-15(16)20-17(22)10-23/h2-8,23H,9-11H2,1H3. The first-order chi connectivity index (χ1) is 11.1. The van der Waals surface area contributed by atoms with Crippen molar-refractivity contribution in [1.82, 2.24) is 14.5 Å². The molecule has 3 rings (SSSR count). The lowest BCUT2D eigenvalue weighted by molar-refractivity contribution is 0.231. The monoisotopic (exact) mass is 349 g/mol. The van der Waals surface area contributed by atoms with Gasteiger partial charge in [-0.1, -0.05) is 41.4 Å². The Bertz CT molecular complexity index is 832. The van der Waals surface area contributed by atoms with Gasteiger partial charge in [-0.3, -0.25) is 4.90 Å². The maximum atomic E-state index is 9.56. The summed E-state index contributed by atoms with van der Waals surface area (Å²) < 4.78 is 2.02. The van der Waals surface area contributed by atoms with Crippen LogP contribution in [0.5, 0.6) is 0 Å². The molecule has 1 aromatic heterocycles. The number of fused-ring (bicyclic) bond motifs is 1. The van der Waals surface area contributed by atoms with Crippen LogP contribution in [0, 0.1) is 0 Å². The molecular formula is C17H17Cl2N3O. The fourth-order valence-corrected chi connectivity index (χ4v) is 2.97. The zero-order valence-corrected chi connectivity index (χ0v) is 14.2. The van der Waals surface area contributed by atoms with E-state index in [1.807, 2.05) is 48.0 Å². The van der Waals surface area contributed by atoms with E-state index in [1.165, 1.54) is 0 Å². The summed E-state index contributed by atoms with van der Waals surface area (Å²) in [6, 6.07) is 13.5. The summed E-state index contributed by atoms with van der Waals surface area (Å²) >= 11 is 12.0. The molecule has 0 bridgehead atoms. The number of hydrogen-bond acceptors (Lipinski definition) is 3. The van der Waals surface area contributed by atoms with Gasteiger partial charge < -0.3 is 9.67 Å². The van der Waals surface area contributed by atoms with Gasteiger partial charge in [0.1, 0.15) is 12.4 Å². The van der Waals surface area contributed by atoms with Crippen molar-refractivity contribution >= 4 is 34.2 Å². The van der Waals surface area contributed by atoms with Crippen molar-refractivity contribution in [3.63, 3.8) is 0 Å². The van der Waals surface area contributed by atoms with E-state index in [4.69, 9.17) is 23.2 Å². The quantitative estimate of drug-likeness (QED) is 0.758. The SMILES string of the molecule is CN(Cc1ccc(Cl)c(Cl)c1)Cn1c(CO)nc2ccccc21. The number of imidazole rings is 1. The molecule has 120 valence electrons. The summed E-state index contributed by atoms with van der Waals surface area (Å²) in [5.74, 6) is 0.659. The molecule has 0 spiro atoms. The molecular weight excluding hydrogens is 333 g/mol. The topological polar surface area (TPSA) is 41.3 Å². The molecule has 0 aliphatic rings. The van der Waals surface area contributed by atoms with Crippen LogP contribution in [0.2, 0.25) is 10.0 Å². The van der Waals surface area contributed by atoms with Crippen LogP contribution in [0.15, 0.2) is 42.5 Å². The van der Waals surface area contributed by atoms with Crippen LogP contribution in [-0.4, -0.2) is 26.6 Å². The molecule has 0 saturated heterocycles. The van der Waals surface area contributed by atoms with E-state index in [0.717, 1.165) is 16.6 Å². The molecule has 1 N–H and O–H groups in total. The fraction of sp³-hybridized carbons (Fsp3) is 0.235. The van der Waals surface area contributed by atoms with E-state index in [0.29, 0.717) is 29.1 Å². The fourth-order valence-electron chi connectivity index (χ4n) is 2.64. The zero-order valence-electron chi connectivity index (χ0n) is 12.7. The smallest absolute Gasteiger partial charge is 0.136 e. The number of benzene rings is 2. The van der Waals surface area contributed by atoms with Gasteiger partial charge in [0, 0.05) is 6.54 Å². The Balaban J connectivity index is 1.82. The van der Waals surface area contributed by atoms with Crippen molar-refractivity contribution in [2.45, 2.75) is 19.8 Å². The van der Waals surface area contributed by atoms with Gasteiger partial charge in [0.25, 0.3) is 0 Å². The number of rotatable bonds is 5. The molecule has 4 nitrogen and oxygen atoms in total. The predicted molar refractivity (Wildman–Crippen MR) is 93.6 cm³/mol. The Morgan fingerprint density at radius 1 is 1.13 bits per heavy atom. The summed E-state index contributed by atoms with van der Waals surface area (Å²) in [5, 5.41) is 10.7. The molecule has 0 amide bonds. The van der Waals surface area contributed by atoms with E-state index < -0.39 is 0 Å². The third-order valence-corrected chi connectivity index (χ3v) is 4.43. The number of nitrogens with zero attached hydrogens (tertiary/aromatic N) is 3. The second kappa shape index (κ2) is 6.89. The van der Waals surface area contributed by atoms with E-state index in [9.17, 15) is 5.11 Å². The Labute approximate surface area is 144 Å². The van der Waals surface area contributed by atoms with Crippen molar-refractivity contribution in [3.05, 3.63) is 63.9 Å². The number of para-hydroxylation sites is 2.